The van der Waals surface area contributed by atoms with Crippen LogP contribution in [0.3, 0.4) is 0 Å². The highest BCUT2D eigenvalue weighted by Crippen LogP contribution is 2.37. The molecule has 232 valence electrons. The Hall–Kier alpha value is -4.08. The van der Waals surface area contributed by atoms with E-state index in [1.807, 2.05) is 59.6 Å². The number of amides is 1. The number of carbonyl (C=O) groups excluding carboxylic acids is 1. The predicted octanol–water partition coefficient (Wildman–Crippen LogP) is 5.19. The van der Waals surface area contributed by atoms with Crippen LogP contribution in [0.25, 0.3) is 11.1 Å². The third-order valence-corrected chi connectivity index (χ3v) is 7.47. The molecular weight excluding hydrogens is 542 g/mol. The molecule has 1 heterocycles. The van der Waals surface area contributed by atoms with E-state index in [0.29, 0.717) is 43.5 Å². The van der Waals surface area contributed by atoms with Gasteiger partial charge in [0.25, 0.3) is 0 Å². The van der Waals surface area contributed by atoms with Crippen molar-refractivity contribution in [3.63, 3.8) is 0 Å². The first-order chi connectivity index (χ1) is 20.9. The van der Waals surface area contributed by atoms with E-state index >= 15 is 0 Å². The summed E-state index contributed by atoms with van der Waals surface area (Å²) < 4.78 is 14.1. The van der Waals surface area contributed by atoms with Crippen molar-refractivity contribution in [1.29, 1.82) is 0 Å². The number of nitrogens with two attached hydrogens (primary N) is 2. The van der Waals surface area contributed by atoms with Gasteiger partial charge in [0.15, 0.2) is 5.96 Å². The third kappa shape index (κ3) is 9.73. The van der Waals surface area contributed by atoms with Crippen molar-refractivity contribution in [3.05, 3.63) is 60.4 Å². The number of carbonyl (C=O) groups is 1. The number of hydrogen-bond acceptors (Lipinski definition) is 6. The van der Waals surface area contributed by atoms with Crippen LogP contribution < -0.4 is 20.9 Å². The molecule has 1 saturated carbocycles. The van der Waals surface area contributed by atoms with Crippen LogP contribution in [0.2, 0.25) is 0 Å². The predicted molar refractivity (Wildman–Crippen MR) is 170 cm³/mol. The molecule has 1 amide bonds. The molecule has 10 heteroatoms. The molecule has 1 atom stereocenters. The molecule has 1 aliphatic rings. The summed E-state index contributed by atoms with van der Waals surface area (Å²) >= 11 is 0. The van der Waals surface area contributed by atoms with Crippen molar-refractivity contribution < 1.29 is 14.3 Å². The minimum absolute atomic E-state index is 0.0504. The first-order valence-electron chi connectivity index (χ1n) is 15.5. The van der Waals surface area contributed by atoms with Crippen LogP contribution in [0.1, 0.15) is 71.0 Å². The monoisotopic (exact) mass is 589 g/mol. The van der Waals surface area contributed by atoms with Crippen molar-refractivity contribution in [2.45, 2.75) is 71.9 Å². The van der Waals surface area contributed by atoms with Gasteiger partial charge in [-0.2, -0.15) is 0 Å². The molecule has 0 saturated heterocycles. The molecule has 10 nitrogen and oxygen atoms in total. The SMILES string of the molecule is CCCN(CC1CC1)C(=O)[C@@H](CCCN=C(N)N)n1cc(COc2ccccc2-c2ccccc2OCCC(C)C)nn1. The van der Waals surface area contributed by atoms with Crippen molar-refractivity contribution >= 4 is 11.9 Å². The first kappa shape index (κ1) is 31.8. The van der Waals surface area contributed by atoms with Crippen LogP contribution in [0.15, 0.2) is 59.7 Å². The fourth-order valence-electron chi connectivity index (χ4n) is 4.96. The normalized spacial score (nSPS) is 13.5. The van der Waals surface area contributed by atoms with Gasteiger partial charge < -0.3 is 25.8 Å². The number of guanidine groups is 1. The van der Waals surface area contributed by atoms with Crippen LogP contribution in [0, 0.1) is 11.8 Å². The van der Waals surface area contributed by atoms with E-state index < -0.39 is 6.04 Å². The van der Waals surface area contributed by atoms with Crippen LogP contribution in [0.4, 0.5) is 0 Å². The van der Waals surface area contributed by atoms with Crippen molar-refractivity contribution in [2.75, 3.05) is 26.2 Å². The van der Waals surface area contributed by atoms with E-state index in [0.717, 1.165) is 48.6 Å². The quantitative estimate of drug-likeness (QED) is 0.118. The average molecular weight is 590 g/mol. The fraction of sp³-hybridized carbons (Fsp3) is 0.515. The van der Waals surface area contributed by atoms with Crippen LogP contribution in [-0.4, -0.2) is 58.0 Å². The van der Waals surface area contributed by atoms with Gasteiger partial charge in [-0.25, -0.2) is 4.68 Å². The average Bonchev–Trinajstić information content (AvgIpc) is 3.69. The Morgan fingerprint density at radius 2 is 1.72 bits per heavy atom. The van der Waals surface area contributed by atoms with Crippen LogP contribution in [-0.2, 0) is 11.4 Å². The Bertz CT molecular complexity index is 1330. The van der Waals surface area contributed by atoms with Crippen molar-refractivity contribution in [2.24, 2.45) is 28.3 Å². The maximum atomic E-state index is 13.8. The lowest BCUT2D eigenvalue weighted by Gasteiger charge is -2.27. The number of benzene rings is 2. The number of hydrogen-bond donors (Lipinski definition) is 2. The van der Waals surface area contributed by atoms with Gasteiger partial charge in [0.2, 0.25) is 5.91 Å². The summed E-state index contributed by atoms with van der Waals surface area (Å²) in [4.78, 5) is 19.8. The Labute approximate surface area is 255 Å². The topological polar surface area (TPSA) is 134 Å². The largest absolute Gasteiger partial charge is 0.493 e. The fourth-order valence-corrected chi connectivity index (χ4v) is 4.96. The number of nitrogens with zero attached hydrogens (tertiary/aromatic N) is 5. The molecular formula is C33H47N7O3. The van der Waals surface area contributed by atoms with Gasteiger partial charge in [0.1, 0.15) is 29.8 Å². The summed E-state index contributed by atoms with van der Waals surface area (Å²) in [7, 11) is 0. The molecule has 0 bridgehead atoms. The zero-order valence-corrected chi connectivity index (χ0v) is 25.8. The maximum absolute atomic E-state index is 13.8. The summed E-state index contributed by atoms with van der Waals surface area (Å²) in [5, 5.41) is 8.75. The van der Waals surface area contributed by atoms with Crippen molar-refractivity contribution in [3.8, 4) is 22.6 Å². The zero-order valence-electron chi connectivity index (χ0n) is 25.8. The van der Waals surface area contributed by atoms with Crippen molar-refractivity contribution in [1.82, 2.24) is 19.9 Å². The summed E-state index contributed by atoms with van der Waals surface area (Å²) in [6.07, 6.45) is 7.27. The van der Waals surface area contributed by atoms with Gasteiger partial charge in [-0.1, -0.05) is 62.4 Å². The van der Waals surface area contributed by atoms with Gasteiger partial charge in [0.05, 0.1) is 12.8 Å². The molecule has 0 aliphatic heterocycles. The second-order valence-electron chi connectivity index (χ2n) is 11.7. The number of aromatic nitrogens is 3. The van der Waals surface area contributed by atoms with E-state index in [-0.39, 0.29) is 18.5 Å². The summed E-state index contributed by atoms with van der Waals surface area (Å²) in [5.74, 6) is 2.83. The number of aliphatic imine (C=N–C) groups is 1. The highest BCUT2D eigenvalue weighted by atomic mass is 16.5. The smallest absolute Gasteiger partial charge is 0.247 e. The molecule has 0 spiro atoms. The number of para-hydroxylation sites is 2. The second-order valence-corrected chi connectivity index (χ2v) is 11.7. The van der Waals surface area contributed by atoms with E-state index in [4.69, 9.17) is 20.9 Å². The molecule has 1 fully saturated rings. The third-order valence-electron chi connectivity index (χ3n) is 7.47. The standard InChI is InChI=1S/C33H47N7O3/c1-4-19-39(21-25-15-16-25)32(41)29(12-9-18-36-33(34)35)40-22-26(37-38-40)23-43-31-14-8-6-11-28(31)27-10-5-7-13-30(27)42-20-17-24(2)3/h5-8,10-11,13-14,22,24-25,29H,4,9,12,15-21,23H2,1-3H3,(H4,34,35,36)/t29-/m1/s1. The van der Waals surface area contributed by atoms with Gasteiger partial charge in [0, 0.05) is 30.8 Å². The van der Waals surface area contributed by atoms with E-state index in [9.17, 15) is 4.79 Å². The molecule has 1 aliphatic carbocycles. The lowest BCUT2D eigenvalue weighted by molar-refractivity contribution is -0.135. The first-order valence-corrected chi connectivity index (χ1v) is 15.5. The molecule has 4 rings (SSSR count). The Balaban J connectivity index is 1.48. The molecule has 0 unspecified atom stereocenters. The van der Waals surface area contributed by atoms with E-state index in [1.54, 1.807) is 4.68 Å². The van der Waals surface area contributed by atoms with Gasteiger partial charge in [-0.15, -0.1) is 5.10 Å². The zero-order chi connectivity index (χ0) is 30.6. The molecule has 4 N–H and O–H groups in total. The van der Waals surface area contributed by atoms with E-state index in [2.05, 4.69) is 36.1 Å². The molecule has 3 aromatic rings. The van der Waals surface area contributed by atoms with Crippen LogP contribution >= 0.6 is 0 Å². The summed E-state index contributed by atoms with van der Waals surface area (Å²) in [6, 6.07) is 15.5. The molecule has 0 radical (unpaired) electrons. The van der Waals surface area contributed by atoms with Gasteiger partial charge in [-0.05, 0) is 62.5 Å². The van der Waals surface area contributed by atoms with E-state index in [1.165, 1.54) is 12.8 Å². The minimum Gasteiger partial charge on any atom is -0.493 e. The lowest BCUT2D eigenvalue weighted by atomic mass is 10.0. The molecule has 43 heavy (non-hydrogen) atoms. The van der Waals surface area contributed by atoms with Gasteiger partial charge >= 0.3 is 0 Å². The summed E-state index contributed by atoms with van der Waals surface area (Å²) in [6.45, 7) is 9.31. The second kappa shape index (κ2) is 16.0. The molecule has 2 aromatic carbocycles. The Morgan fingerprint density at radius 1 is 1.05 bits per heavy atom. The Kier molecular flexibility index (Phi) is 11.8. The molecule has 1 aromatic heterocycles. The highest BCUT2D eigenvalue weighted by molar-refractivity contribution is 5.80. The number of ether oxygens (including phenoxy) is 2. The maximum Gasteiger partial charge on any atom is 0.247 e. The lowest BCUT2D eigenvalue weighted by Crippen LogP contribution is -2.39. The highest BCUT2D eigenvalue weighted by Gasteiger charge is 2.31. The van der Waals surface area contributed by atoms with Gasteiger partial charge in [-0.3, -0.25) is 9.79 Å². The minimum atomic E-state index is -0.483. The summed E-state index contributed by atoms with van der Waals surface area (Å²) in [5.41, 5.74) is 13.6. The Morgan fingerprint density at radius 3 is 2.35 bits per heavy atom. The van der Waals surface area contributed by atoms with Crippen LogP contribution in [0.5, 0.6) is 11.5 Å². The number of rotatable bonds is 18.